The van der Waals surface area contributed by atoms with Crippen LogP contribution in [0.15, 0.2) is 28.2 Å². The van der Waals surface area contributed by atoms with E-state index in [9.17, 15) is 13.2 Å². The number of hydrogen-bond donors (Lipinski definition) is 1. The van der Waals surface area contributed by atoms with E-state index in [-0.39, 0.29) is 28.2 Å². The largest absolute Gasteiger partial charge is 0.417 e. The molecule has 0 spiro atoms. The van der Waals surface area contributed by atoms with E-state index in [0.717, 1.165) is 11.8 Å². The molecule has 1 aromatic carbocycles. The Labute approximate surface area is 154 Å². The fourth-order valence-corrected chi connectivity index (χ4v) is 2.58. The molecule has 0 aromatic heterocycles. The Hall–Kier alpha value is -1.55. The maximum atomic E-state index is 13.0. The Morgan fingerprint density at radius 3 is 2.76 bits per heavy atom. The number of nitrogens with zero attached hydrogens (tertiary/aromatic N) is 2. The van der Waals surface area contributed by atoms with Gasteiger partial charge in [0, 0.05) is 28.8 Å². The third kappa shape index (κ3) is 5.46. The highest BCUT2D eigenvalue weighted by Crippen LogP contribution is 2.33. The summed E-state index contributed by atoms with van der Waals surface area (Å²) >= 11 is 11.9. The fourth-order valence-electron chi connectivity index (χ4n) is 2.21. The standard InChI is InChI=1S/C17H16Cl2F3N3/c1-10(25-16-15(19)11(2)23-9-24-16)4-3-5-12-6-7-13(18)8-14(12)17(20,21)22/h6-10,15-16,25H,4H2,1-2H3. The molecule has 0 radical (unpaired) electrons. The van der Waals surface area contributed by atoms with Crippen LogP contribution in [0.25, 0.3) is 0 Å². The molecule has 0 saturated heterocycles. The molecule has 1 aliphatic heterocycles. The van der Waals surface area contributed by atoms with Crippen LogP contribution in [0.1, 0.15) is 31.4 Å². The third-order valence-corrected chi connectivity index (χ3v) is 4.33. The zero-order valence-corrected chi connectivity index (χ0v) is 15.0. The van der Waals surface area contributed by atoms with E-state index < -0.39 is 11.7 Å². The zero-order chi connectivity index (χ0) is 18.6. The van der Waals surface area contributed by atoms with Crippen molar-refractivity contribution in [2.75, 3.05) is 0 Å². The number of aliphatic imine (C=N–C) groups is 2. The van der Waals surface area contributed by atoms with E-state index in [1.54, 1.807) is 6.92 Å². The summed E-state index contributed by atoms with van der Waals surface area (Å²) in [6.07, 6.45) is -3.06. The molecule has 0 aliphatic carbocycles. The van der Waals surface area contributed by atoms with Gasteiger partial charge >= 0.3 is 6.18 Å². The Balaban J connectivity index is 2.03. The highest BCUT2D eigenvalue weighted by molar-refractivity contribution is 6.33. The van der Waals surface area contributed by atoms with Gasteiger partial charge in [-0.05, 0) is 32.0 Å². The van der Waals surface area contributed by atoms with E-state index in [0.29, 0.717) is 6.42 Å². The molecule has 8 heteroatoms. The molecule has 1 heterocycles. The molecule has 0 saturated carbocycles. The molecule has 0 fully saturated rings. The Bertz CT molecular complexity index is 748. The van der Waals surface area contributed by atoms with Gasteiger partial charge in [-0.25, -0.2) is 4.99 Å². The molecule has 25 heavy (non-hydrogen) atoms. The minimum Gasteiger partial charge on any atom is -0.291 e. The van der Waals surface area contributed by atoms with Gasteiger partial charge in [0.05, 0.1) is 5.56 Å². The molecule has 134 valence electrons. The van der Waals surface area contributed by atoms with Gasteiger partial charge in [-0.2, -0.15) is 13.2 Å². The van der Waals surface area contributed by atoms with Gasteiger partial charge < -0.3 is 0 Å². The zero-order valence-electron chi connectivity index (χ0n) is 13.5. The molecule has 3 nitrogen and oxygen atoms in total. The summed E-state index contributed by atoms with van der Waals surface area (Å²) in [6.45, 7) is 3.67. The number of hydrogen-bond acceptors (Lipinski definition) is 3. The number of nitrogens with one attached hydrogen (secondary N) is 1. The summed E-state index contributed by atoms with van der Waals surface area (Å²) in [5.74, 6) is 5.34. The first-order chi connectivity index (χ1) is 11.7. The lowest BCUT2D eigenvalue weighted by atomic mass is 10.1. The summed E-state index contributed by atoms with van der Waals surface area (Å²) in [6, 6.07) is 3.43. The smallest absolute Gasteiger partial charge is 0.291 e. The van der Waals surface area contributed by atoms with Crippen molar-refractivity contribution in [3.63, 3.8) is 0 Å². The van der Waals surface area contributed by atoms with Gasteiger partial charge in [0.15, 0.2) is 0 Å². The first-order valence-corrected chi connectivity index (χ1v) is 8.31. The van der Waals surface area contributed by atoms with Gasteiger partial charge in [-0.15, -0.1) is 11.6 Å². The van der Waals surface area contributed by atoms with Gasteiger partial charge in [0.2, 0.25) is 0 Å². The Morgan fingerprint density at radius 1 is 1.36 bits per heavy atom. The minimum atomic E-state index is -4.50. The van der Waals surface area contributed by atoms with Gasteiger partial charge in [-0.1, -0.05) is 23.4 Å². The summed E-state index contributed by atoms with van der Waals surface area (Å²) in [5, 5.41) is 2.84. The van der Waals surface area contributed by atoms with E-state index in [1.165, 1.54) is 18.5 Å². The van der Waals surface area contributed by atoms with E-state index in [2.05, 4.69) is 27.1 Å². The van der Waals surface area contributed by atoms with Crippen LogP contribution >= 0.6 is 23.2 Å². The molecule has 3 atom stereocenters. The first-order valence-electron chi connectivity index (χ1n) is 7.50. The van der Waals surface area contributed by atoms with Crippen molar-refractivity contribution in [3.8, 4) is 11.8 Å². The number of benzene rings is 1. The second-order valence-electron chi connectivity index (χ2n) is 5.64. The molecule has 2 rings (SSSR count). The van der Waals surface area contributed by atoms with Crippen LogP contribution in [0.2, 0.25) is 5.02 Å². The van der Waals surface area contributed by atoms with Crippen LogP contribution in [-0.4, -0.2) is 29.6 Å². The lowest BCUT2D eigenvalue weighted by Crippen LogP contribution is -2.44. The summed E-state index contributed by atoms with van der Waals surface area (Å²) < 4.78 is 39.1. The topological polar surface area (TPSA) is 36.8 Å². The van der Waals surface area contributed by atoms with Crippen molar-refractivity contribution in [3.05, 3.63) is 34.3 Å². The molecular formula is C17H16Cl2F3N3. The van der Waals surface area contributed by atoms with Crippen LogP contribution in [0, 0.1) is 11.8 Å². The van der Waals surface area contributed by atoms with Crippen LogP contribution in [0.5, 0.6) is 0 Å². The first kappa shape index (κ1) is 19.8. The quantitative estimate of drug-likeness (QED) is 0.598. The van der Waals surface area contributed by atoms with E-state index in [1.807, 2.05) is 6.92 Å². The molecule has 0 amide bonds. The number of halogens is 5. The van der Waals surface area contributed by atoms with Crippen LogP contribution < -0.4 is 5.32 Å². The lowest BCUT2D eigenvalue weighted by molar-refractivity contribution is -0.137. The monoisotopic (exact) mass is 389 g/mol. The molecule has 1 aliphatic rings. The average Bonchev–Trinajstić information content (AvgIpc) is 2.52. The van der Waals surface area contributed by atoms with E-state index in [4.69, 9.17) is 23.2 Å². The fraction of sp³-hybridized carbons (Fsp3) is 0.412. The van der Waals surface area contributed by atoms with Crippen molar-refractivity contribution >= 4 is 35.3 Å². The Morgan fingerprint density at radius 2 is 2.08 bits per heavy atom. The van der Waals surface area contributed by atoms with Crippen molar-refractivity contribution < 1.29 is 13.2 Å². The van der Waals surface area contributed by atoms with Crippen LogP contribution in [-0.2, 0) is 6.18 Å². The SMILES string of the molecule is CC1=NC=NC(NC(C)CC#Cc2ccc(Cl)cc2C(F)(F)F)C1Cl. The van der Waals surface area contributed by atoms with Crippen molar-refractivity contribution in [1.29, 1.82) is 0 Å². The molecule has 3 unspecified atom stereocenters. The van der Waals surface area contributed by atoms with Crippen molar-refractivity contribution in [1.82, 2.24) is 5.32 Å². The predicted molar refractivity (Wildman–Crippen MR) is 95.6 cm³/mol. The number of rotatable bonds is 3. The van der Waals surface area contributed by atoms with Crippen molar-refractivity contribution in [2.24, 2.45) is 9.98 Å². The summed E-state index contributed by atoms with van der Waals surface area (Å²) in [5.41, 5.74) is -0.181. The van der Waals surface area contributed by atoms with Gasteiger partial charge in [0.1, 0.15) is 17.9 Å². The van der Waals surface area contributed by atoms with Gasteiger partial charge in [-0.3, -0.25) is 10.3 Å². The molecule has 1 N–H and O–H groups in total. The second kappa shape index (κ2) is 8.22. The predicted octanol–water partition coefficient (Wildman–Crippen LogP) is 4.51. The lowest BCUT2D eigenvalue weighted by Gasteiger charge is -2.24. The number of alkyl halides is 4. The Kier molecular flexibility index (Phi) is 6.50. The average molecular weight is 390 g/mol. The van der Waals surface area contributed by atoms with Crippen LogP contribution in [0.3, 0.4) is 0 Å². The molecule has 0 bridgehead atoms. The molecular weight excluding hydrogens is 374 g/mol. The summed E-state index contributed by atoms with van der Waals surface area (Å²) in [7, 11) is 0. The van der Waals surface area contributed by atoms with Crippen LogP contribution in [0.4, 0.5) is 13.2 Å². The minimum absolute atomic E-state index is 0.0215. The molecule has 1 aromatic rings. The normalized spacial score (nSPS) is 21.3. The highest BCUT2D eigenvalue weighted by atomic mass is 35.5. The van der Waals surface area contributed by atoms with Crippen molar-refractivity contribution in [2.45, 2.75) is 44.0 Å². The van der Waals surface area contributed by atoms with E-state index >= 15 is 0 Å². The highest BCUT2D eigenvalue weighted by Gasteiger charge is 2.33. The summed E-state index contributed by atoms with van der Waals surface area (Å²) in [4.78, 5) is 8.17. The third-order valence-electron chi connectivity index (χ3n) is 3.54. The maximum absolute atomic E-state index is 13.0. The second-order valence-corrected chi connectivity index (χ2v) is 6.55. The maximum Gasteiger partial charge on any atom is 0.417 e. The van der Waals surface area contributed by atoms with Gasteiger partial charge in [0.25, 0.3) is 0 Å².